The molecule has 0 aliphatic carbocycles. The second kappa shape index (κ2) is 2.53. The van der Waals surface area contributed by atoms with Crippen molar-refractivity contribution in [2.75, 3.05) is 0 Å². The molecule has 0 unspecified atom stereocenters. The Bertz CT molecular complexity index is 396. The van der Waals surface area contributed by atoms with Crippen molar-refractivity contribution in [1.29, 1.82) is 0 Å². The van der Waals surface area contributed by atoms with Crippen molar-refractivity contribution in [2.45, 2.75) is 4.90 Å². The molecule has 0 amide bonds. The molecule has 0 aliphatic heterocycles. The van der Waals surface area contributed by atoms with Crippen LogP contribution in [-0.2, 0) is 0 Å². The number of thiol groups is 1. The molecule has 0 radical (unpaired) electrons. The van der Waals surface area contributed by atoms with Gasteiger partial charge in [-0.1, -0.05) is 0 Å². The Labute approximate surface area is 77.5 Å². The number of benzene rings is 1. The third-order valence-corrected chi connectivity index (χ3v) is 2.37. The van der Waals surface area contributed by atoms with Gasteiger partial charge in [0.15, 0.2) is 0 Å². The Balaban J connectivity index is 2.86. The van der Waals surface area contributed by atoms with Gasteiger partial charge in [0, 0.05) is 10.3 Å². The van der Waals surface area contributed by atoms with Crippen molar-refractivity contribution in [1.82, 2.24) is 10.2 Å². The lowest BCUT2D eigenvalue weighted by atomic mass is 10.3. The van der Waals surface area contributed by atoms with Crippen molar-refractivity contribution >= 4 is 39.5 Å². The highest BCUT2D eigenvalue weighted by atomic mass is 79.9. The molecule has 2 aromatic rings. The summed E-state index contributed by atoms with van der Waals surface area (Å²) in [6.07, 6.45) is 0. The van der Waals surface area contributed by atoms with E-state index in [-0.39, 0.29) is 0 Å². The van der Waals surface area contributed by atoms with Gasteiger partial charge in [-0.15, -0.1) is 12.6 Å². The highest BCUT2D eigenvalue weighted by molar-refractivity contribution is 9.10. The van der Waals surface area contributed by atoms with E-state index in [4.69, 9.17) is 0 Å². The molecule has 1 N–H and O–H groups in total. The number of aromatic amines is 1. The van der Waals surface area contributed by atoms with Crippen molar-refractivity contribution in [2.24, 2.45) is 0 Å². The van der Waals surface area contributed by atoms with Crippen LogP contribution in [0.4, 0.5) is 0 Å². The third-order valence-electron chi connectivity index (χ3n) is 1.49. The van der Waals surface area contributed by atoms with Gasteiger partial charge >= 0.3 is 0 Å². The lowest BCUT2D eigenvalue weighted by Gasteiger charge is -1.89. The predicted molar refractivity (Wildman–Crippen MR) is 51.0 cm³/mol. The van der Waals surface area contributed by atoms with Gasteiger partial charge in [-0.3, -0.25) is 5.10 Å². The number of hydrogen-bond donors (Lipinski definition) is 2. The van der Waals surface area contributed by atoms with Crippen LogP contribution in [0.25, 0.3) is 10.9 Å². The number of fused-ring (bicyclic) bond motifs is 1. The number of nitrogens with one attached hydrogen (secondary N) is 1. The van der Waals surface area contributed by atoms with E-state index in [0.717, 1.165) is 20.4 Å². The first kappa shape index (κ1) is 7.18. The molecule has 0 saturated heterocycles. The zero-order valence-electron chi connectivity index (χ0n) is 5.50. The van der Waals surface area contributed by atoms with Gasteiger partial charge in [-0.2, -0.15) is 5.10 Å². The van der Waals surface area contributed by atoms with E-state index in [9.17, 15) is 0 Å². The van der Waals surface area contributed by atoms with Crippen LogP contribution in [-0.4, -0.2) is 10.2 Å². The summed E-state index contributed by atoms with van der Waals surface area (Å²) in [7, 11) is 0. The minimum Gasteiger partial charge on any atom is -0.270 e. The van der Waals surface area contributed by atoms with Crippen LogP contribution in [0.3, 0.4) is 0 Å². The number of rotatable bonds is 0. The average molecular weight is 229 g/mol. The summed E-state index contributed by atoms with van der Waals surface area (Å²) in [6.45, 7) is 0. The molecule has 0 aliphatic rings. The topological polar surface area (TPSA) is 28.7 Å². The first-order chi connectivity index (χ1) is 5.27. The summed E-state index contributed by atoms with van der Waals surface area (Å²) in [5.41, 5.74) is 0.935. The summed E-state index contributed by atoms with van der Waals surface area (Å²) in [6, 6.07) is 5.83. The Morgan fingerprint density at radius 3 is 3.09 bits per heavy atom. The van der Waals surface area contributed by atoms with Gasteiger partial charge in [0.05, 0.1) is 5.52 Å². The van der Waals surface area contributed by atoms with E-state index < -0.39 is 0 Å². The molecule has 0 spiro atoms. The number of halogens is 1. The second-order valence-corrected chi connectivity index (χ2v) is 3.55. The number of H-pyrrole nitrogens is 1. The van der Waals surface area contributed by atoms with E-state index in [2.05, 4.69) is 38.8 Å². The van der Waals surface area contributed by atoms with Gasteiger partial charge < -0.3 is 0 Å². The van der Waals surface area contributed by atoms with Crippen LogP contribution in [0, 0.1) is 0 Å². The molecule has 2 nitrogen and oxygen atoms in total. The maximum atomic E-state index is 4.20. The van der Waals surface area contributed by atoms with Crippen LogP contribution in [0.15, 0.2) is 27.7 Å². The second-order valence-electron chi connectivity index (χ2n) is 2.24. The molecule has 0 saturated carbocycles. The van der Waals surface area contributed by atoms with Crippen molar-refractivity contribution < 1.29 is 0 Å². The minimum absolute atomic E-state index is 0.917. The van der Waals surface area contributed by atoms with Crippen molar-refractivity contribution in [3.05, 3.63) is 22.8 Å². The molecule has 0 bridgehead atoms. The third kappa shape index (κ3) is 1.16. The summed E-state index contributed by atoms with van der Waals surface area (Å²) in [5.74, 6) is 0. The number of aromatic nitrogens is 2. The summed E-state index contributed by atoms with van der Waals surface area (Å²) >= 11 is 7.55. The quantitative estimate of drug-likeness (QED) is 0.668. The first-order valence-corrected chi connectivity index (χ1v) is 4.34. The molecule has 1 heterocycles. The zero-order chi connectivity index (χ0) is 7.84. The summed E-state index contributed by atoms with van der Waals surface area (Å²) in [4.78, 5) is 0.927. The maximum Gasteiger partial charge on any atom is 0.108 e. The molecule has 11 heavy (non-hydrogen) atoms. The van der Waals surface area contributed by atoms with E-state index in [1.54, 1.807) is 0 Å². The standard InChI is InChI=1S/C7H5BrN2S/c8-7-5-2-1-4(11)3-6(5)9-10-7/h1-3,11H,(H,9,10). The SMILES string of the molecule is Sc1ccc2c(Br)[nH]nc2c1. The smallest absolute Gasteiger partial charge is 0.108 e. The Morgan fingerprint density at radius 1 is 1.45 bits per heavy atom. The largest absolute Gasteiger partial charge is 0.270 e. The lowest BCUT2D eigenvalue weighted by molar-refractivity contribution is 1.09. The first-order valence-electron chi connectivity index (χ1n) is 3.10. The van der Waals surface area contributed by atoms with Crippen LogP contribution < -0.4 is 0 Å². The Hall–Kier alpha value is -0.480. The monoisotopic (exact) mass is 228 g/mol. The van der Waals surface area contributed by atoms with E-state index in [1.165, 1.54) is 0 Å². The fourth-order valence-electron chi connectivity index (χ4n) is 0.968. The van der Waals surface area contributed by atoms with Gasteiger partial charge in [0.2, 0.25) is 0 Å². The van der Waals surface area contributed by atoms with Gasteiger partial charge in [-0.05, 0) is 34.1 Å². The predicted octanol–water partition coefficient (Wildman–Crippen LogP) is 2.61. The van der Waals surface area contributed by atoms with E-state index in [1.807, 2.05) is 18.2 Å². The van der Waals surface area contributed by atoms with E-state index >= 15 is 0 Å². The molecular weight excluding hydrogens is 224 g/mol. The van der Waals surface area contributed by atoms with E-state index in [0.29, 0.717) is 0 Å². The minimum atomic E-state index is 0.917. The lowest BCUT2D eigenvalue weighted by Crippen LogP contribution is -1.67. The van der Waals surface area contributed by atoms with Gasteiger partial charge in [0.1, 0.15) is 4.60 Å². The van der Waals surface area contributed by atoms with Crippen molar-refractivity contribution in [3.63, 3.8) is 0 Å². The molecule has 56 valence electrons. The molecular formula is C7H5BrN2S. The maximum absolute atomic E-state index is 4.20. The summed E-state index contributed by atoms with van der Waals surface area (Å²) < 4.78 is 0.917. The molecule has 1 aromatic carbocycles. The highest BCUT2D eigenvalue weighted by Gasteiger charge is 2.00. The number of nitrogens with zero attached hydrogens (tertiary/aromatic N) is 1. The van der Waals surface area contributed by atoms with Crippen LogP contribution in [0.1, 0.15) is 0 Å². The fourth-order valence-corrected chi connectivity index (χ4v) is 1.59. The normalized spacial score (nSPS) is 10.7. The average Bonchev–Trinajstić information content (AvgIpc) is 2.32. The van der Waals surface area contributed by atoms with Crippen molar-refractivity contribution in [3.8, 4) is 0 Å². The molecule has 4 heteroatoms. The van der Waals surface area contributed by atoms with Crippen LogP contribution >= 0.6 is 28.6 Å². The zero-order valence-corrected chi connectivity index (χ0v) is 7.98. The highest BCUT2D eigenvalue weighted by Crippen LogP contribution is 2.22. The number of hydrogen-bond acceptors (Lipinski definition) is 2. The summed E-state index contributed by atoms with van der Waals surface area (Å²) in [5, 5.41) is 7.98. The van der Waals surface area contributed by atoms with Crippen LogP contribution in [0.2, 0.25) is 0 Å². The molecule has 0 fully saturated rings. The Morgan fingerprint density at radius 2 is 2.27 bits per heavy atom. The molecule has 2 rings (SSSR count). The van der Waals surface area contributed by atoms with Gasteiger partial charge in [-0.25, -0.2) is 0 Å². The van der Waals surface area contributed by atoms with Crippen LogP contribution in [0.5, 0.6) is 0 Å². The van der Waals surface area contributed by atoms with Gasteiger partial charge in [0.25, 0.3) is 0 Å². The molecule has 1 aromatic heterocycles. The molecule has 0 atom stereocenters. The fraction of sp³-hybridized carbons (Fsp3) is 0. The Kier molecular flexibility index (Phi) is 1.65.